The highest BCUT2D eigenvalue weighted by Crippen LogP contribution is 2.22. The molecule has 0 unspecified atom stereocenters. The molecule has 0 aliphatic heterocycles. The first-order valence-electron chi connectivity index (χ1n) is 8.75. The number of thioether (sulfide) groups is 1. The number of hydrogen-bond acceptors (Lipinski definition) is 7. The van der Waals surface area contributed by atoms with Crippen LogP contribution in [0.4, 0.5) is 0 Å². The molecule has 4 rings (SSSR count). The third kappa shape index (κ3) is 3.95. The van der Waals surface area contributed by atoms with Gasteiger partial charge in [-0.1, -0.05) is 17.8 Å². The average molecular weight is 414 g/mol. The number of tetrazole rings is 1. The zero-order chi connectivity index (χ0) is 19.5. The van der Waals surface area contributed by atoms with Gasteiger partial charge in [0.05, 0.1) is 25.1 Å². The molecule has 0 atom stereocenters. The Morgan fingerprint density at radius 1 is 1.25 bits per heavy atom. The minimum atomic E-state index is 0.0643. The number of aryl methyl sites for hydroxylation is 1. The lowest BCUT2D eigenvalue weighted by molar-refractivity contribution is 0.102. The van der Waals surface area contributed by atoms with Gasteiger partial charge in [-0.3, -0.25) is 4.79 Å². The molecule has 9 heteroatoms. The number of aromatic nitrogens is 5. The van der Waals surface area contributed by atoms with E-state index in [1.807, 2.05) is 49.6 Å². The van der Waals surface area contributed by atoms with E-state index in [1.54, 1.807) is 22.3 Å². The Hall–Kier alpha value is -2.65. The summed E-state index contributed by atoms with van der Waals surface area (Å²) in [4.78, 5) is 14.0. The molecular formula is C19H19N5O2S2. The second kappa shape index (κ2) is 8.15. The quantitative estimate of drug-likeness (QED) is 0.323. The Kier molecular flexibility index (Phi) is 5.45. The van der Waals surface area contributed by atoms with Crippen LogP contribution in [0.2, 0.25) is 0 Å². The van der Waals surface area contributed by atoms with Gasteiger partial charge in [0.1, 0.15) is 5.76 Å². The zero-order valence-corrected chi connectivity index (χ0v) is 17.2. The highest BCUT2D eigenvalue weighted by molar-refractivity contribution is 7.99. The first-order valence-corrected chi connectivity index (χ1v) is 10.6. The maximum absolute atomic E-state index is 12.8. The van der Waals surface area contributed by atoms with E-state index in [0.717, 1.165) is 22.7 Å². The second-order valence-corrected chi connectivity index (χ2v) is 8.34. The van der Waals surface area contributed by atoms with Crippen LogP contribution in [0.3, 0.4) is 0 Å². The van der Waals surface area contributed by atoms with Crippen molar-refractivity contribution in [2.75, 3.05) is 5.75 Å². The van der Waals surface area contributed by atoms with Crippen LogP contribution in [-0.4, -0.2) is 36.3 Å². The van der Waals surface area contributed by atoms with Crippen LogP contribution >= 0.6 is 23.1 Å². The van der Waals surface area contributed by atoms with Gasteiger partial charge in [-0.05, 0) is 53.9 Å². The van der Waals surface area contributed by atoms with Crippen LogP contribution in [0.5, 0.6) is 0 Å². The Bertz CT molecular complexity index is 1060. The molecule has 0 aliphatic rings. The summed E-state index contributed by atoms with van der Waals surface area (Å²) in [5.74, 6) is 1.22. The zero-order valence-electron chi connectivity index (χ0n) is 15.5. The molecule has 0 radical (unpaired) electrons. The summed E-state index contributed by atoms with van der Waals surface area (Å²) in [6.07, 6.45) is 1.66. The largest absolute Gasteiger partial charge is 0.467 e. The van der Waals surface area contributed by atoms with E-state index >= 15 is 0 Å². The number of hydrogen-bond donors (Lipinski definition) is 0. The molecule has 0 bridgehead atoms. The third-order valence-electron chi connectivity index (χ3n) is 4.49. The highest BCUT2D eigenvalue weighted by Gasteiger charge is 2.18. The fourth-order valence-corrected chi connectivity index (χ4v) is 4.49. The van der Waals surface area contributed by atoms with Crippen molar-refractivity contribution in [1.29, 1.82) is 0 Å². The number of nitrogens with zero attached hydrogens (tertiary/aromatic N) is 5. The smallest absolute Gasteiger partial charge is 0.210 e. The molecule has 144 valence electrons. The average Bonchev–Trinajstić information content (AvgIpc) is 3.47. The van der Waals surface area contributed by atoms with Crippen LogP contribution in [0.25, 0.3) is 0 Å². The van der Waals surface area contributed by atoms with Crippen molar-refractivity contribution in [1.82, 2.24) is 24.8 Å². The Morgan fingerprint density at radius 2 is 2.14 bits per heavy atom. The van der Waals surface area contributed by atoms with E-state index in [9.17, 15) is 4.79 Å². The highest BCUT2D eigenvalue weighted by atomic mass is 32.2. The summed E-state index contributed by atoms with van der Waals surface area (Å²) in [5.41, 5.74) is 2.70. The third-order valence-corrected chi connectivity index (χ3v) is 6.30. The van der Waals surface area contributed by atoms with Crippen molar-refractivity contribution in [3.63, 3.8) is 0 Å². The summed E-state index contributed by atoms with van der Waals surface area (Å²) < 4.78 is 9.26. The number of carbonyl (C=O) groups is 1. The van der Waals surface area contributed by atoms with Gasteiger partial charge in [-0.2, -0.15) is 0 Å². The molecule has 7 nitrogen and oxygen atoms in total. The van der Waals surface area contributed by atoms with Gasteiger partial charge < -0.3 is 8.98 Å². The molecule has 0 fully saturated rings. The van der Waals surface area contributed by atoms with Crippen LogP contribution in [0.1, 0.15) is 32.4 Å². The molecule has 0 amide bonds. The lowest BCUT2D eigenvalue weighted by Gasteiger charge is -2.08. The van der Waals surface area contributed by atoms with Crippen molar-refractivity contribution in [2.24, 2.45) is 0 Å². The molecule has 4 aromatic heterocycles. The summed E-state index contributed by atoms with van der Waals surface area (Å²) in [6, 6.07) is 9.78. The lowest BCUT2D eigenvalue weighted by Crippen LogP contribution is -2.08. The van der Waals surface area contributed by atoms with E-state index in [-0.39, 0.29) is 11.5 Å². The van der Waals surface area contributed by atoms with Gasteiger partial charge in [0.25, 0.3) is 0 Å². The van der Waals surface area contributed by atoms with Crippen molar-refractivity contribution in [3.05, 3.63) is 69.6 Å². The number of rotatable bonds is 8. The topological polar surface area (TPSA) is 78.7 Å². The van der Waals surface area contributed by atoms with Gasteiger partial charge in [0.15, 0.2) is 5.78 Å². The number of furan rings is 1. The van der Waals surface area contributed by atoms with Gasteiger partial charge in [-0.15, -0.1) is 16.4 Å². The Morgan fingerprint density at radius 3 is 2.89 bits per heavy atom. The van der Waals surface area contributed by atoms with Crippen LogP contribution in [0.15, 0.2) is 51.5 Å². The number of carbonyl (C=O) groups excluding carboxylic acids is 1. The SMILES string of the molecule is Cc1cc(C(=O)CSc2nnnn2Cc2cccs2)c(C)n1Cc1ccco1. The first-order chi connectivity index (χ1) is 13.6. The van der Waals surface area contributed by atoms with Crippen molar-refractivity contribution < 1.29 is 9.21 Å². The van der Waals surface area contributed by atoms with Crippen LogP contribution in [-0.2, 0) is 13.1 Å². The van der Waals surface area contributed by atoms with E-state index in [4.69, 9.17) is 4.42 Å². The standard InChI is InChI=1S/C19H19N5O2S2/c1-13-9-17(14(2)23(13)10-15-5-3-7-26-15)18(25)12-28-19-20-21-22-24(19)11-16-6-4-8-27-16/h3-9H,10-12H2,1-2H3. The molecular weight excluding hydrogens is 394 g/mol. The van der Waals surface area contributed by atoms with Gasteiger partial charge in [-0.25, -0.2) is 4.68 Å². The van der Waals surface area contributed by atoms with Gasteiger partial charge >= 0.3 is 0 Å². The fourth-order valence-electron chi connectivity index (χ4n) is 3.04. The normalized spacial score (nSPS) is 11.2. The summed E-state index contributed by atoms with van der Waals surface area (Å²) in [6.45, 7) is 5.19. The van der Waals surface area contributed by atoms with E-state index in [0.29, 0.717) is 18.2 Å². The summed E-state index contributed by atoms with van der Waals surface area (Å²) in [7, 11) is 0. The second-order valence-electron chi connectivity index (χ2n) is 6.36. The molecule has 0 saturated carbocycles. The summed E-state index contributed by atoms with van der Waals surface area (Å²) in [5, 5.41) is 14.5. The molecule has 0 aliphatic carbocycles. The lowest BCUT2D eigenvalue weighted by atomic mass is 10.2. The minimum Gasteiger partial charge on any atom is -0.467 e. The van der Waals surface area contributed by atoms with E-state index in [2.05, 4.69) is 20.1 Å². The van der Waals surface area contributed by atoms with Crippen molar-refractivity contribution >= 4 is 28.9 Å². The minimum absolute atomic E-state index is 0.0643. The van der Waals surface area contributed by atoms with Gasteiger partial charge in [0, 0.05) is 21.8 Å². The van der Waals surface area contributed by atoms with Crippen LogP contribution < -0.4 is 0 Å². The molecule has 0 aromatic carbocycles. The number of ketones is 1. The van der Waals surface area contributed by atoms with Crippen molar-refractivity contribution in [3.8, 4) is 0 Å². The molecule has 0 spiro atoms. The predicted molar refractivity (Wildman–Crippen MR) is 108 cm³/mol. The fraction of sp³-hybridized carbons (Fsp3) is 0.263. The number of thiophene rings is 1. The molecule has 4 aromatic rings. The van der Waals surface area contributed by atoms with Gasteiger partial charge in [0.2, 0.25) is 5.16 Å². The Labute approximate surface area is 170 Å². The van der Waals surface area contributed by atoms with E-state index in [1.165, 1.54) is 16.6 Å². The monoisotopic (exact) mass is 413 g/mol. The Balaban J connectivity index is 1.44. The summed E-state index contributed by atoms with van der Waals surface area (Å²) >= 11 is 3.02. The van der Waals surface area contributed by atoms with E-state index < -0.39 is 0 Å². The molecule has 0 saturated heterocycles. The maximum Gasteiger partial charge on any atom is 0.210 e. The number of Topliss-reactive ketones (excluding diaryl/α,β-unsaturated/α-hetero) is 1. The maximum atomic E-state index is 12.8. The molecule has 0 N–H and O–H groups in total. The molecule has 4 heterocycles. The predicted octanol–water partition coefficient (Wildman–Crippen LogP) is 3.82. The molecule has 28 heavy (non-hydrogen) atoms. The van der Waals surface area contributed by atoms with Crippen molar-refractivity contribution in [2.45, 2.75) is 32.1 Å². The van der Waals surface area contributed by atoms with Crippen LogP contribution in [0, 0.1) is 13.8 Å². The first kappa shape index (κ1) is 18.7.